The molecule has 1 unspecified atom stereocenters. The molecule has 1 aliphatic carbocycles. The Hall–Kier alpha value is -1.02. The lowest BCUT2D eigenvalue weighted by Crippen LogP contribution is -1.94. The SMILES string of the molecule is O=C(Cl)[C@@H]1CC1c1cccc2c1CCO2. The minimum atomic E-state index is -0.198. The second kappa shape index (κ2) is 3.24. The Bertz CT molecular complexity index is 428. The average molecular weight is 223 g/mol. The minimum absolute atomic E-state index is 0.0405. The summed E-state index contributed by atoms with van der Waals surface area (Å²) in [6, 6.07) is 6.08. The van der Waals surface area contributed by atoms with E-state index in [1.165, 1.54) is 11.1 Å². The first-order chi connectivity index (χ1) is 7.27. The van der Waals surface area contributed by atoms with Gasteiger partial charge in [-0.1, -0.05) is 12.1 Å². The molecule has 1 aliphatic heterocycles. The summed E-state index contributed by atoms with van der Waals surface area (Å²) < 4.78 is 5.49. The molecule has 1 fully saturated rings. The van der Waals surface area contributed by atoms with Crippen molar-refractivity contribution in [1.82, 2.24) is 0 Å². The Kier molecular flexibility index (Phi) is 1.99. The molecule has 1 saturated carbocycles. The third-order valence-electron chi connectivity index (χ3n) is 3.26. The number of halogens is 1. The highest BCUT2D eigenvalue weighted by Crippen LogP contribution is 2.51. The maximum atomic E-state index is 11.0. The predicted octanol–water partition coefficient (Wildman–Crippen LogP) is 2.49. The largest absolute Gasteiger partial charge is 0.493 e. The van der Waals surface area contributed by atoms with E-state index < -0.39 is 0 Å². The zero-order valence-electron chi connectivity index (χ0n) is 8.20. The Balaban J connectivity index is 1.94. The molecule has 15 heavy (non-hydrogen) atoms. The molecule has 2 nitrogen and oxygen atoms in total. The lowest BCUT2D eigenvalue weighted by Gasteiger charge is -2.05. The molecule has 78 valence electrons. The molecule has 2 aliphatic rings. The second-order valence-electron chi connectivity index (χ2n) is 4.18. The molecule has 0 bridgehead atoms. The van der Waals surface area contributed by atoms with E-state index in [1.807, 2.05) is 12.1 Å². The zero-order chi connectivity index (χ0) is 10.4. The van der Waals surface area contributed by atoms with E-state index in [1.54, 1.807) is 0 Å². The fourth-order valence-corrected chi connectivity index (χ4v) is 2.63. The van der Waals surface area contributed by atoms with Gasteiger partial charge in [0.2, 0.25) is 5.24 Å². The molecule has 3 heteroatoms. The topological polar surface area (TPSA) is 26.3 Å². The molecule has 0 N–H and O–H groups in total. The predicted molar refractivity (Wildman–Crippen MR) is 57.3 cm³/mol. The van der Waals surface area contributed by atoms with Crippen molar-refractivity contribution >= 4 is 16.8 Å². The van der Waals surface area contributed by atoms with Crippen molar-refractivity contribution in [2.75, 3.05) is 6.61 Å². The lowest BCUT2D eigenvalue weighted by molar-refractivity contribution is -0.112. The Morgan fingerprint density at radius 3 is 3.07 bits per heavy atom. The molecule has 1 aromatic carbocycles. The second-order valence-corrected chi connectivity index (χ2v) is 4.55. The first-order valence-corrected chi connectivity index (χ1v) is 5.59. The maximum absolute atomic E-state index is 11.0. The summed E-state index contributed by atoms with van der Waals surface area (Å²) in [4.78, 5) is 11.0. The fraction of sp³-hybridized carbons (Fsp3) is 0.417. The minimum Gasteiger partial charge on any atom is -0.493 e. The van der Waals surface area contributed by atoms with Crippen LogP contribution < -0.4 is 4.74 Å². The average Bonchev–Trinajstić information content (AvgIpc) is 2.87. The first-order valence-electron chi connectivity index (χ1n) is 5.21. The van der Waals surface area contributed by atoms with Gasteiger partial charge in [-0.15, -0.1) is 0 Å². The number of ether oxygens (including phenoxy) is 1. The van der Waals surface area contributed by atoms with Gasteiger partial charge in [-0.05, 0) is 35.6 Å². The number of fused-ring (bicyclic) bond motifs is 1. The highest BCUT2D eigenvalue weighted by atomic mass is 35.5. The van der Waals surface area contributed by atoms with Crippen LogP contribution in [0.4, 0.5) is 0 Å². The maximum Gasteiger partial charge on any atom is 0.225 e. The van der Waals surface area contributed by atoms with Crippen molar-refractivity contribution < 1.29 is 9.53 Å². The summed E-state index contributed by atoms with van der Waals surface area (Å²) in [5.41, 5.74) is 2.55. The van der Waals surface area contributed by atoms with Gasteiger partial charge >= 0.3 is 0 Å². The Labute approximate surface area is 93.2 Å². The monoisotopic (exact) mass is 222 g/mol. The number of hydrogen-bond acceptors (Lipinski definition) is 2. The van der Waals surface area contributed by atoms with Crippen molar-refractivity contribution in [3.05, 3.63) is 29.3 Å². The molecular formula is C12H11ClO2. The van der Waals surface area contributed by atoms with Crippen LogP contribution >= 0.6 is 11.6 Å². The Morgan fingerprint density at radius 1 is 1.47 bits per heavy atom. The molecule has 3 rings (SSSR count). The highest BCUT2D eigenvalue weighted by molar-refractivity contribution is 6.64. The van der Waals surface area contributed by atoms with Crippen molar-refractivity contribution in [3.8, 4) is 5.75 Å². The highest BCUT2D eigenvalue weighted by Gasteiger charge is 2.44. The van der Waals surface area contributed by atoms with Gasteiger partial charge in [0, 0.05) is 17.9 Å². The van der Waals surface area contributed by atoms with E-state index in [4.69, 9.17) is 16.3 Å². The van der Waals surface area contributed by atoms with Crippen molar-refractivity contribution in [3.63, 3.8) is 0 Å². The number of benzene rings is 1. The van der Waals surface area contributed by atoms with Gasteiger partial charge < -0.3 is 4.74 Å². The molecule has 0 amide bonds. The lowest BCUT2D eigenvalue weighted by atomic mass is 10.0. The summed E-state index contributed by atoms with van der Waals surface area (Å²) in [5, 5.41) is -0.198. The van der Waals surface area contributed by atoms with Crippen molar-refractivity contribution in [2.45, 2.75) is 18.8 Å². The van der Waals surface area contributed by atoms with E-state index >= 15 is 0 Å². The number of hydrogen-bond donors (Lipinski definition) is 0. The number of carbonyl (C=O) groups excluding carboxylic acids is 1. The Morgan fingerprint density at radius 2 is 2.33 bits per heavy atom. The van der Waals surface area contributed by atoms with Crippen molar-refractivity contribution in [1.29, 1.82) is 0 Å². The molecule has 0 saturated heterocycles. The van der Waals surface area contributed by atoms with Gasteiger partial charge in [-0.2, -0.15) is 0 Å². The van der Waals surface area contributed by atoms with E-state index in [9.17, 15) is 4.79 Å². The van der Waals surface area contributed by atoms with Gasteiger partial charge in [-0.3, -0.25) is 4.79 Å². The van der Waals surface area contributed by atoms with Gasteiger partial charge in [-0.25, -0.2) is 0 Å². The van der Waals surface area contributed by atoms with Crippen LogP contribution in [0.5, 0.6) is 5.75 Å². The van der Waals surface area contributed by atoms with Gasteiger partial charge in [0.15, 0.2) is 0 Å². The summed E-state index contributed by atoms with van der Waals surface area (Å²) in [7, 11) is 0. The molecule has 0 spiro atoms. The first kappa shape index (κ1) is 9.22. The molecular weight excluding hydrogens is 212 g/mol. The summed E-state index contributed by atoms with van der Waals surface area (Å²) in [6.07, 6.45) is 1.87. The zero-order valence-corrected chi connectivity index (χ0v) is 8.96. The van der Waals surface area contributed by atoms with Crippen LogP contribution in [0.15, 0.2) is 18.2 Å². The molecule has 1 heterocycles. The fourth-order valence-electron chi connectivity index (χ4n) is 2.39. The van der Waals surface area contributed by atoms with Crippen LogP contribution in [0, 0.1) is 5.92 Å². The van der Waals surface area contributed by atoms with Crippen LogP contribution in [-0.4, -0.2) is 11.8 Å². The van der Waals surface area contributed by atoms with E-state index in [0.29, 0.717) is 5.92 Å². The summed E-state index contributed by atoms with van der Waals surface area (Å²) in [5.74, 6) is 1.37. The van der Waals surface area contributed by atoms with Crippen LogP contribution in [-0.2, 0) is 11.2 Å². The van der Waals surface area contributed by atoms with Gasteiger partial charge in [0.05, 0.1) is 6.61 Å². The van der Waals surface area contributed by atoms with Crippen LogP contribution in [0.2, 0.25) is 0 Å². The van der Waals surface area contributed by atoms with Crippen LogP contribution in [0.25, 0.3) is 0 Å². The quantitative estimate of drug-likeness (QED) is 0.719. The number of carbonyl (C=O) groups is 1. The summed E-state index contributed by atoms with van der Waals surface area (Å²) in [6.45, 7) is 0.762. The summed E-state index contributed by atoms with van der Waals surface area (Å²) >= 11 is 5.50. The van der Waals surface area contributed by atoms with E-state index in [2.05, 4.69) is 6.07 Å². The van der Waals surface area contributed by atoms with E-state index in [0.717, 1.165) is 25.2 Å². The van der Waals surface area contributed by atoms with Crippen LogP contribution in [0.1, 0.15) is 23.5 Å². The molecule has 0 aromatic heterocycles. The standard InChI is InChI=1S/C12H11ClO2/c13-12(14)10-6-9(10)7-2-1-3-11-8(7)4-5-15-11/h1-3,9-10H,4-6H2/t9?,10-/m1/s1. The van der Waals surface area contributed by atoms with Gasteiger partial charge in [0.25, 0.3) is 0 Å². The third-order valence-corrected chi connectivity index (χ3v) is 3.54. The molecule has 1 aromatic rings. The van der Waals surface area contributed by atoms with Crippen LogP contribution in [0.3, 0.4) is 0 Å². The molecule has 0 radical (unpaired) electrons. The normalized spacial score (nSPS) is 27.0. The molecule has 2 atom stereocenters. The third kappa shape index (κ3) is 1.44. The smallest absolute Gasteiger partial charge is 0.225 e. The number of rotatable bonds is 2. The van der Waals surface area contributed by atoms with E-state index in [-0.39, 0.29) is 11.2 Å². The van der Waals surface area contributed by atoms with Crippen molar-refractivity contribution in [2.24, 2.45) is 5.92 Å². The van der Waals surface area contributed by atoms with Gasteiger partial charge in [0.1, 0.15) is 5.75 Å².